The van der Waals surface area contributed by atoms with Crippen molar-refractivity contribution in [3.05, 3.63) is 29.8 Å². The van der Waals surface area contributed by atoms with Crippen molar-refractivity contribution in [2.75, 3.05) is 12.5 Å². The Morgan fingerprint density at radius 2 is 2.08 bits per heavy atom. The highest BCUT2D eigenvalue weighted by molar-refractivity contribution is 6.18. The third kappa shape index (κ3) is 2.63. The summed E-state index contributed by atoms with van der Waals surface area (Å²) < 4.78 is 5.50. The molecule has 0 bridgehead atoms. The smallest absolute Gasteiger partial charge is 0.122 e. The van der Waals surface area contributed by atoms with Gasteiger partial charge in [0.05, 0.1) is 6.61 Å². The average molecular weight is 199 g/mol. The molecule has 0 fully saturated rings. The fourth-order valence-corrected chi connectivity index (χ4v) is 1.42. The fraction of sp³-hybridized carbons (Fsp3) is 0.455. The van der Waals surface area contributed by atoms with Gasteiger partial charge in [-0.1, -0.05) is 25.1 Å². The van der Waals surface area contributed by atoms with Crippen LogP contribution in [0.3, 0.4) is 0 Å². The molecule has 1 aromatic rings. The van der Waals surface area contributed by atoms with E-state index in [1.54, 1.807) is 0 Å². The highest BCUT2D eigenvalue weighted by Gasteiger charge is 2.09. The Bertz CT molecular complexity index is 260. The third-order valence-corrected chi connectivity index (χ3v) is 2.44. The lowest BCUT2D eigenvalue weighted by atomic mass is 10.0. The van der Waals surface area contributed by atoms with Gasteiger partial charge in [-0.3, -0.25) is 0 Å². The number of para-hydroxylation sites is 1. The molecule has 1 rings (SSSR count). The van der Waals surface area contributed by atoms with Gasteiger partial charge < -0.3 is 4.74 Å². The Hall–Kier alpha value is -0.690. The van der Waals surface area contributed by atoms with Gasteiger partial charge in [0.1, 0.15) is 5.75 Å². The van der Waals surface area contributed by atoms with E-state index in [-0.39, 0.29) is 0 Å². The van der Waals surface area contributed by atoms with E-state index in [0.717, 1.165) is 5.75 Å². The molecule has 0 aliphatic heterocycles. The normalized spacial score (nSPS) is 12.5. The molecule has 2 heteroatoms. The van der Waals surface area contributed by atoms with Gasteiger partial charge in [0.2, 0.25) is 0 Å². The lowest BCUT2D eigenvalue weighted by molar-refractivity contribution is 0.335. The van der Waals surface area contributed by atoms with Gasteiger partial charge in [0.25, 0.3) is 0 Å². The molecule has 13 heavy (non-hydrogen) atoms. The van der Waals surface area contributed by atoms with Gasteiger partial charge in [0, 0.05) is 5.88 Å². The molecule has 72 valence electrons. The molecule has 0 aliphatic rings. The van der Waals surface area contributed by atoms with E-state index in [0.29, 0.717) is 18.4 Å². The maximum atomic E-state index is 5.80. The quantitative estimate of drug-likeness (QED) is 0.674. The summed E-state index contributed by atoms with van der Waals surface area (Å²) in [5.74, 6) is 1.94. The van der Waals surface area contributed by atoms with Crippen molar-refractivity contribution >= 4 is 11.6 Å². The first-order valence-electron chi connectivity index (χ1n) is 4.57. The van der Waals surface area contributed by atoms with Gasteiger partial charge in [-0.25, -0.2) is 0 Å². The molecule has 0 heterocycles. The number of alkyl halides is 1. The molecule has 0 saturated heterocycles. The van der Waals surface area contributed by atoms with Crippen LogP contribution in [0.25, 0.3) is 0 Å². The Labute approximate surface area is 84.7 Å². The summed E-state index contributed by atoms with van der Waals surface area (Å²) in [5, 5.41) is 0. The molecule has 0 aliphatic carbocycles. The van der Waals surface area contributed by atoms with E-state index in [9.17, 15) is 0 Å². The number of ether oxygens (including phenoxy) is 1. The molecule has 0 saturated carbocycles. The van der Waals surface area contributed by atoms with Crippen molar-refractivity contribution in [1.29, 1.82) is 0 Å². The van der Waals surface area contributed by atoms with Gasteiger partial charge in [-0.15, -0.1) is 11.6 Å². The lowest BCUT2D eigenvalue weighted by Gasteiger charge is -2.13. The monoisotopic (exact) mass is 198 g/mol. The zero-order valence-electron chi connectivity index (χ0n) is 8.09. The van der Waals surface area contributed by atoms with Gasteiger partial charge in [0.15, 0.2) is 0 Å². The summed E-state index contributed by atoms with van der Waals surface area (Å²) in [4.78, 5) is 0. The molecular weight excluding hydrogens is 184 g/mol. The van der Waals surface area contributed by atoms with E-state index in [4.69, 9.17) is 16.3 Å². The minimum absolute atomic E-state index is 0.351. The van der Waals surface area contributed by atoms with Crippen LogP contribution in [0, 0.1) is 0 Å². The van der Waals surface area contributed by atoms with Crippen molar-refractivity contribution in [3.8, 4) is 5.75 Å². The molecular formula is C11H15ClO. The highest BCUT2D eigenvalue weighted by atomic mass is 35.5. The fourth-order valence-electron chi connectivity index (χ4n) is 1.26. The topological polar surface area (TPSA) is 9.23 Å². The molecule has 0 amide bonds. The zero-order valence-corrected chi connectivity index (χ0v) is 8.84. The molecule has 1 aromatic carbocycles. The van der Waals surface area contributed by atoms with Crippen molar-refractivity contribution in [1.82, 2.24) is 0 Å². The van der Waals surface area contributed by atoms with Gasteiger partial charge >= 0.3 is 0 Å². The molecule has 0 radical (unpaired) electrons. The number of benzene rings is 1. The number of halogens is 1. The first-order valence-corrected chi connectivity index (χ1v) is 5.10. The van der Waals surface area contributed by atoms with Crippen molar-refractivity contribution in [3.63, 3.8) is 0 Å². The molecule has 1 unspecified atom stereocenters. The molecule has 0 aromatic heterocycles. The van der Waals surface area contributed by atoms with Crippen molar-refractivity contribution in [2.24, 2.45) is 0 Å². The largest absolute Gasteiger partial charge is 0.494 e. The minimum Gasteiger partial charge on any atom is -0.494 e. The zero-order chi connectivity index (χ0) is 9.68. The summed E-state index contributed by atoms with van der Waals surface area (Å²) in [6, 6.07) is 8.05. The first-order chi connectivity index (χ1) is 6.29. The van der Waals surface area contributed by atoms with Crippen LogP contribution in [-0.4, -0.2) is 12.5 Å². The number of hydrogen-bond donors (Lipinski definition) is 0. The third-order valence-electron chi connectivity index (χ3n) is 1.98. The van der Waals surface area contributed by atoms with Crippen LogP contribution in [0.15, 0.2) is 24.3 Å². The van der Waals surface area contributed by atoms with E-state index in [1.807, 2.05) is 25.1 Å². The lowest BCUT2D eigenvalue weighted by Crippen LogP contribution is -2.00. The Morgan fingerprint density at radius 1 is 1.38 bits per heavy atom. The molecule has 1 nitrogen and oxygen atoms in total. The first kappa shape index (κ1) is 10.4. The second kappa shape index (κ2) is 5.13. The van der Waals surface area contributed by atoms with E-state index in [2.05, 4.69) is 13.0 Å². The number of hydrogen-bond acceptors (Lipinski definition) is 1. The van der Waals surface area contributed by atoms with Crippen molar-refractivity contribution in [2.45, 2.75) is 19.8 Å². The van der Waals surface area contributed by atoms with Crippen LogP contribution in [0.1, 0.15) is 25.3 Å². The van der Waals surface area contributed by atoms with Gasteiger partial charge in [-0.2, -0.15) is 0 Å². The molecule has 1 atom stereocenters. The Kier molecular flexibility index (Phi) is 4.10. The van der Waals surface area contributed by atoms with E-state index >= 15 is 0 Å². The van der Waals surface area contributed by atoms with Crippen LogP contribution >= 0.6 is 11.6 Å². The van der Waals surface area contributed by atoms with Crippen LogP contribution in [0.5, 0.6) is 5.75 Å². The minimum atomic E-state index is 0.351. The molecule has 0 N–H and O–H groups in total. The summed E-state index contributed by atoms with van der Waals surface area (Å²) in [6.45, 7) is 4.79. The van der Waals surface area contributed by atoms with E-state index < -0.39 is 0 Å². The van der Waals surface area contributed by atoms with Crippen molar-refractivity contribution < 1.29 is 4.74 Å². The average Bonchev–Trinajstić information content (AvgIpc) is 2.18. The second-order valence-electron chi connectivity index (χ2n) is 3.03. The predicted octanol–water partition coefficient (Wildman–Crippen LogP) is 3.43. The SMILES string of the molecule is CCOc1ccccc1C(C)CCl. The summed E-state index contributed by atoms with van der Waals surface area (Å²) in [5.41, 5.74) is 1.19. The van der Waals surface area contributed by atoms with Crippen LogP contribution < -0.4 is 4.74 Å². The summed E-state index contributed by atoms with van der Waals surface area (Å²) in [7, 11) is 0. The van der Waals surface area contributed by atoms with Crippen LogP contribution in [0.2, 0.25) is 0 Å². The highest BCUT2D eigenvalue weighted by Crippen LogP contribution is 2.26. The summed E-state index contributed by atoms with van der Waals surface area (Å²) >= 11 is 5.80. The van der Waals surface area contributed by atoms with Gasteiger partial charge in [-0.05, 0) is 24.5 Å². The molecule has 0 spiro atoms. The number of rotatable bonds is 4. The predicted molar refractivity (Wildman–Crippen MR) is 56.7 cm³/mol. The van der Waals surface area contributed by atoms with E-state index in [1.165, 1.54) is 5.56 Å². The Balaban J connectivity index is 2.90. The maximum absolute atomic E-state index is 5.80. The second-order valence-corrected chi connectivity index (χ2v) is 3.33. The standard InChI is InChI=1S/C11H15ClO/c1-3-13-11-7-5-4-6-10(11)9(2)8-12/h4-7,9H,3,8H2,1-2H3. The maximum Gasteiger partial charge on any atom is 0.122 e. The van der Waals surface area contributed by atoms with Crippen LogP contribution in [-0.2, 0) is 0 Å². The Morgan fingerprint density at radius 3 is 2.69 bits per heavy atom. The summed E-state index contributed by atoms with van der Waals surface area (Å²) in [6.07, 6.45) is 0. The van der Waals surface area contributed by atoms with Crippen LogP contribution in [0.4, 0.5) is 0 Å².